The number of benzene rings is 1. The number of rotatable bonds is 4. The smallest absolute Gasteiger partial charge is 0.246 e. The Morgan fingerprint density at radius 3 is 3.00 bits per heavy atom. The Hall–Kier alpha value is -2.01. The van der Waals surface area contributed by atoms with Gasteiger partial charge < -0.3 is 19.7 Å². The molecule has 5 nitrogen and oxygen atoms in total. The van der Waals surface area contributed by atoms with E-state index in [0.717, 1.165) is 43.0 Å². The van der Waals surface area contributed by atoms with Gasteiger partial charge in [-0.1, -0.05) is 6.07 Å². The molecule has 22 heavy (non-hydrogen) atoms. The first-order valence-corrected chi connectivity index (χ1v) is 7.81. The maximum Gasteiger partial charge on any atom is 0.246 e. The summed E-state index contributed by atoms with van der Waals surface area (Å²) in [6, 6.07) is 6.04. The summed E-state index contributed by atoms with van der Waals surface area (Å²) >= 11 is 0. The van der Waals surface area contributed by atoms with Crippen molar-refractivity contribution in [2.75, 3.05) is 33.4 Å². The normalized spacial score (nSPS) is 20.6. The van der Waals surface area contributed by atoms with Crippen molar-refractivity contribution in [3.8, 4) is 11.5 Å². The lowest BCUT2D eigenvalue weighted by molar-refractivity contribution is -0.126. The highest BCUT2D eigenvalue weighted by Gasteiger charge is 2.26. The molecule has 3 rings (SSSR count). The minimum Gasteiger partial charge on any atom is -0.486 e. The molecule has 2 aliphatic heterocycles. The third kappa shape index (κ3) is 3.25. The van der Waals surface area contributed by atoms with Crippen LogP contribution in [-0.4, -0.2) is 50.2 Å². The molecule has 1 fully saturated rings. The van der Waals surface area contributed by atoms with Crippen LogP contribution in [0.3, 0.4) is 0 Å². The number of ether oxygens (including phenoxy) is 2. The van der Waals surface area contributed by atoms with Crippen molar-refractivity contribution >= 4 is 12.0 Å². The molecule has 1 amide bonds. The van der Waals surface area contributed by atoms with Crippen LogP contribution in [-0.2, 0) is 4.79 Å². The SMILES string of the molecule is CNCC1CCCN1C(=O)C=Cc1ccc2c(c1)OCCO2. The van der Waals surface area contributed by atoms with E-state index < -0.39 is 0 Å². The van der Waals surface area contributed by atoms with Gasteiger partial charge in [-0.25, -0.2) is 0 Å². The first-order chi connectivity index (χ1) is 10.8. The highest BCUT2D eigenvalue weighted by atomic mass is 16.6. The summed E-state index contributed by atoms with van der Waals surface area (Å²) in [5, 5.41) is 3.15. The molecule has 1 aromatic carbocycles. The van der Waals surface area contributed by atoms with E-state index in [4.69, 9.17) is 9.47 Å². The zero-order valence-electron chi connectivity index (χ0n) is 12.9. The first-order valence-electron chi connectivity index (χ1n) is 7.81. The molecular weight excluding hydrogens is 280 g/mol. The Bertz CT molecular complexity index is 571. The Morgan fingerprint density at radius 2 is 2.18 bits per heavy atom. The maximum absolute atomic E-state index is 12.3. The van der Waals surface area contributed by atoms with Gasteiger partial charge in [0, 0.05) is 25.2 Å². The summed E-state index contributed by atoms with van der Waals surface area (Å²) in [6.07, 6.45) is 5.65. The molecule has 2 heterocycles. The lowest BCUT2D eigenvalue weighted by atomic mass is 10.1. The van der Waals surface area contributed by atoms with Gasteiger partial charge in [-0.05, 0) is 43.7 Å². The van der Waals surface area contributed by atoms with E-state index in [1.165, 1.54) is 0 Å². The molecule has 1 saturated heterocycles. The third-order valence-electron chi connectivity index (χ3n) is 4.08. The van der Waals surface area contributed by atoms with Gasteiger partial charge in [0.15, 0.2) is 11.5 Å². The van der Waals surface area contributed by atoms with Crippen LogP contribution in [0.2, 0.25) is 0 Å². The van der Waals surface area contributed by atoms with Crippen molar-refractivity contribution in [1.29, 1.82) is 0 Å². The molecule has 0 aliphatic carbocycles. The Kier molecular flexibility index (Phi) is 4.63. The fourth-order valence-corrected chi connectivity index (χ4v) is 3.00. The lowest BCUT2D eigenvalue weighted by Crippen LogP contribution is -2.39. The summed E-state index contributed by atoms with van der Waals surface area (Å²) in [5.41, 5.74) is 0.946. The van der Waals surface area contributed by atoms with Gasteiger partial charge in [0.1, 0.15) is 13.2 Å². The summed E-state index contributed by atoms with van der Waals surface area (Å²) in [5.74, 6) is 1.59. The highest BCUT2D eigenvalue weighted by molar-refractivity contribution is 5.92. The van der Waals surface area contributed by atoms with E-state index >= 15 is 0 Å². The Balaban J connectivity index is 1.67. The molecule has 0 saturated carbocycles. The van der Waals surface area contributed by atoms with Crippen molar-refractivity contribution in [1.82, 2.24) is 10.2 Å². The zero-order valence-corrected chi connectivity index (χ0v) is 12.9. The number of fused-ring (bicyclic) bond motifs is 1. The predicted octanol–water partition coefficient (Wildman–Crippen LogP) is 1.68. The molecule has 1 N–H and O–H groups in total. The topological polar surface area (TPSA) is 50.8 Å². The molecule has 1 aromatic rings. The minimum atomic E-state index is 0.0765. The molecule has 0 radical (unpaired) electrons. The van der Waals surface area contributed by atoms with Crippen molar-refractivity contribution in [3.63, 3.8) is 0 Å². The third-order valence-corrected chi connectivity index (χ3v) is 4.08. The maximum atomic E-state index is 12.3. The summed E-state index contributed by atoms with van der Waals surface area (Å²) in [4.78, 5) is 14.3. The van der Waals surface area contributed by atoms with E-state index in [2.05, 4.69) is 5.32 Å². The molecule has 118 valence electrons. The van der Waals surface area contributed by atoms with E-state index in [1.807, 2.05) is 36.2 Å². The largest absolute Gasteiger partial charge is 0.486 e. The van der Waals surface area contributed by atoms with Crippen LogP contribution in [0, 0.1) is 0 Å². The van der Waals surface area contributed by atoms with Gasteiger partial charge in [-0.2, -0.15) is 0 Å². The van der Waals surface area contributed by atoms with E-state index in [-0.39, 0.29) is 5.91 Å². The monoisotopic (exact) mass is 302 g/mol. The van der Waals surface area contributed by atoms with Crippen LogP contribution in [0.4, 0.5) is 0 Å². The van der Waals surface area contributed by atoms with Crippen molar-refractivity contribution in [2.24, 2.45) is 0 Å². The summed E-state index contributed by atoms with van der Waals surface area (Å²) in [7, 11) is 1.92. The average Bonchev–Trinajstić information content (AvgIpc) is 3.01. The highest BCUT2D eigenvalue weighted by Crippen LogP contribution is 2.31. The lowest BCUT2D eigenvalue weighted by Gasteiger charge is -2.23. The zero-order chi connectivity index (χ0) is 15.4. The number of hydrogen-bond acceptors (Lipinski definition) is 4. The average molecular weight is 302 g/mol. The number of carbonyl (C=O) groups excluding carboxylic acids is 1. The van der Waals surface area contributed by atoms with Crippen LogP contribution >= 0.6 is 0 Å². The number of nitrogens with zero attached hydrogens (tertiary/aromatic N) is 1. The second-order valence-electron chi connectivity index (χ2n) is 5.62. The van der Waals surface area contributed by atoms with Crippen LogP contribution < -0.4 is 14.8 Å². The number of carbonyl (C=O) groups is 1. The number of amides is 1. The molecule has 1 unspecified atom stereocenters. The van der Waals surface area contributed by atoms with E-state index in [9.17, 15) is 4.79 Å². The molecule has 0 aromatic heterocycles. The van der Waals surface area contributed by atoms with Crippen LogP contribution in [0.15, 0.2) is 24.3 Å². The molecule has 1 atom stereocenters. The quantitative estimate of drug-likeness (QED) is 0.860. The standard InChI is InChI=1S/C17H22N2O3/c1-18-12-14-3-2-8-19(14)17(20)7-5-13-4-6-15-16(11-13)22-10-9-21-15/h4-7,11,14,18H,2-3,8-10,12H2,1H3. The summed E-state index contributed by atoms with van der Waals surface area (Å²) < 4.78 is 11.1. The van der Waals surface area contributed by atoms with Crippen LogP contribution in [0.5, 0.6) is 11.5 Å². The number of likely N-dealkylation sites (tertiary alicyclic amines) is 1. The second-order valence-corrected chi connectivity index (χ2v) is 5.62. The van der Waals surface area contributed by atoms with Gasteiger partial charge in [-0.15, -0.1) is 0 Å². The Morgan fingerprint density at radius 1 is 1.36 bits per heavy atom. The minimum absolute atomic E-state index is 0.0765. The van der Waals surface area contributed by atoms with Crippen molar-refractivity contribution in [3.05, 3.63) is 29.8 Å². The fourth-order valence-electron chi connectivity index (χ4n) is 3.00. The molecular formula is C17H22N2O3. The predicted molar refractivity (Wildman–Crippen MR) is 85.1 cm³/mol. The van der Waals surface area contributed by atoms with Crippen LogP contribution in [0.25, 0.3) is 6.08 Å². The van der Waals surface area contributed by atoms with Gasteiger partial charge in [0.05, 0.1) is 0 Å². The van der Waals surface area contributed by atoms with Gasteiger partial charge >= 0.3 is 0 Å². The van der Waals surface area contributed by atoms with E-state index in [0.29, 0.717) is 19.3 Å². The van der Waals surface area contributed by atoms with Gasteiger partial charge in [0.25, 0.3) is 0 Å². The first kappa shape index (κ1) is 14.9. The molecule has 0 bridgehead atoms. The Labute approximate surface area is 130 Å². The van der Waals surface area contributed by atoms with E-state index in [1.54, 1.807) is 6.08 Å². The fraction of sp³-hybridized carbons (Fsp3) is 0.471. The van der Waals surface area contributed by atoms with Gasteiger partial charge in [0.2, 0.25) is 5.91 Å². The van der Waals surface area contributed by atoms with Gasteiger partial charge in [-0.3, -0.25) is 4.79 Å². The van der Waals surface area contributed by atoms with Crippen LogP contribution in [0.1, 0.15) is 18.4 Å². The number of hydrogen-bond donors (Lipinski definition) is 1. The molecule has 5 heteroatoms. The summed E-state index contributed by atoms with van der Waals surface area (Å²) in [6.45, 7) is 2.85. The molecule has 0 spiro atoms. The number of nitrogens with one attached hydrogen (secondary N) is 1. The second kappa shape index (κ2) is 6.83. The number of likely N-dealkylation sites (N-methyl/N-ethyl adjacent to an activating group) is 1. The molecule has 2 aliphatic rings. The van der Waals surface area contributed by atoms with Crippen molar-refractivity contribution in [2.45, 2.75) is 18.9 Å². The van der Waals surface area contributed by atoms with Crippen molar-refractivity contribution < 1.29 is 14.3 Å².